The Kier molecular flexibility index (Phi) is 43.7. The number of halogens is 2. The van der Waals surface area contributed by atoms with Crippen molar-refractivity contribution in [3.63, 3.8) is 0 Å². The van der Waals surface area contributed by atoms with E-state index in [2.05, 4.69) is 153 Å². The summed E-state index contributed by atoms with van der Waals surface area (Å²) in [6.07, 6.45) is 63.2. The summed E-state index contributed by atoms with van der Waals surface area (Å²) < 4.78 is 20.9. The van der Waals surface area contributed by atoms with Crippen molar-refractivity contribution >= 4 is 17.3 Å². The van der Waals surface area contributed by atoms with Crippen molar-refractivity contribution in [2.75, 3.05) is 13.1 Å². The van der Waals surface area contributed by atoms with Crippen LogP contribution < -0.4 is 59.7 Å². The molecule has 22 nitrogen and oxygen atoms in total. The molecular formula is C72H101Br2CuN20O2OsS. The van der Waals surface area contributed by atoms with Crippen molar-refractivity contribution < 1.29 is 89.9 Å². The van der Waals surface area contributed by atoms with E-state index in [0.29, 0.717) is 30.3 Å². The number of hydrogen-bond donors (Lipinski definition) is 2. The Balaban J connectivity index is 0.000000415. The predicted molar refractivity (Wildman–Crippen MR) is 375 cm³/mol. The molecule has 0 saturated carbocycles. The first-order chi connectivity index (χ1) is 46.2. The van der Waals surface area contributed by atoms with Crippen molar-refractivity contribution in [3.05, 3.63) is 194 Å². The fraction of sp³-hybridized carbons (Fsp3) is 0.431. The number of pyridine rings is 2. The van der Waals surface area contributed by atoms with Gasteiger partial charge in [0.15, 0.2) is 47.3 Å². The van der Waals surface area contributed by atoms with Crippen molar-refractivity contribution in [1.29, 1.82) is 0 Å². The van der Waals surface area contributed by atoms with E-state index in [-0.39, 0.29) is 75.7 Å². The van der Waals surface area contributed by atoms with E-state index in [1.165, 1.54) is 79.9 Å². The largest absolute Gasteiger partial charge is 1.00 e. The minimum Gasteiger partial charge on any atom is -1.00 e. The van der Waals surface area contributed by atoms with Crippen LogP contribution in [0.1, 0.15) is 156 Å². The van der Waals surface area contributed by atoms with Crippen LogP contribution in [0.3, 0.4) is 0 Å². The average Bonchev–Trinajstić information content (AvgIpc) is 1.74. The van der Waals surface area contributed by atoms with Crippen LogP contribution in [0.2, 0.25) is 0 Å². The van der Waals surface area contributed by atoms with Crippen molar-refractivity contribution in [3.8, 4) is 47.3 Å². The van der Waals surface area contributed by atoms with E-state index in [1.54, 1.807) is 48.6 Å². The first kappa shape index (κ1) is 87.8. The third kappa shape index (κ3) is 29.5. The number of imidazole rings is 8. The summed E-state index contributed by atoms with van der Waals surface area (Å²) in [5.74, 6) is 7.97. The number of nitrogens with zero attached hydrogens (tertiary/aromatic N) is 18. The maximum atomic E-state index is 9.96. The van der Waals surface area contributed by atoms with Crippen molar-refractivity contribution in [1.82, 2.24) is 76.4 Å². The fourth-order valence-corrected chi connectivity index (χ4v) is 11.3. The van der Waals surface area contributed by atoms with Gasteiger partial charge in [-0.3, -0.25) is 4.98 Å². The topological polar surface area (TPSA) is 242 Å². The number of carboxylic acids is 1. The Morgan fingerprint density at radius 2 is 1.05 bits per heavy atom. The smallest absolute Gasteiger partial charge is 1.00 e. The number of hydrogen-bond acceptors (Lipinski definition) is 13. The molecule has 11 aromatic heterocycles. The summed E-state index contributed by atoms with van der Waals surface area (Å²) in [6, 6.07) is 13.1. The van der Waals surface area contributed by atoms with E-state index < -0.39 is 5.97 Å². The van der Waals surface area contributed by atoms with Gasteiger partial charge in [0, 0.05) is 203 Å². The number of aromatic nitrogens is 18. The molecule has 0 spiro atoms. The Labute approximate surface area is 634 Å². The number of rotatable bonds is 28. The molecule has 27 heteroatoms. The van der Waals surface area contributed by atoms with Crippen LogP contribution in [-0.4, -0.2) is 95.5 Å². The van der Waals surface area contributed by atoms with Gasteiger partial charge in [-0.15, -0.1) is 23.7 Å². The fourth-order valence-electron chi connectivity index (χ4n) is 10.8. The first-order valence-corrected chi connectivity index (χ1v) is 34.0. The molecular weight excluding hydrogens is 1620 g/mol. The molecule has 0 saturated heterocycles. The van der Waals surface area contributed by atoms with E-state index >= 15 is 0 Å². The van der Waals surface area contributed by atoms with E-state index in [1.807, 2.05) is 125 Å². The Morgan fingerprint density at radius 1 is 0.566 bits per heavy atom. The average molecular weight is 1720 g/mol. The maximum absolute atomic E-state index is 9.96. The number of aryl methyl sites for hydroxylation is 8. The molecule has 0 aliphatic rings. The van der Waals surface area contributed by atoms with Gasteiger partial charge in [-0.1, -0.05) is 39.7 Å². The molecule has 0 aliphatic heterocycles. The molecule has 11 aromatic rings. The molecule has 99 heavy (non-hydrogen) atoms. The molecule has 0 fully saturated rings. The number of nitrogens with two attached hydrogens (primary N) is 2. The molecule has 4 unspecified atom stereocenters. The van der Waals surface area contributed by atoms with Gasteiger partial charge in [0.25, 0.3) is 0 Å². The number of terminal acetylenes is 1. The summed E-state index contributed by atoms with van der Waals surface area (Å²) in [4.78, 5) is 43.9. The van der Waals surface area contributed by atoms with E-state index in [4.69, 9.17) is 17.9 Å². The molecule has 0 radical (unpaired) electrons. The number of unbranched alkanes of at least 4 members (excludes halogenated alkanes) is 6. The summed E-state index contributed by atoms with van der Waals surface area (Å²) >= 11 is 1.17. The number of aromatic carboxylic acids is 1. The van der Waals surface area contributed by atoms with Gasteiger partial charge >= 0.3 is 17.1 Å². The molecule has 11 rings (SSSR count). The van der Waals surface area contributed by atoms with Crippen molar-refractivity contribution in [2.45, 2.75) is 155 Å². The second kappa shape index (κ2) is 49.3. The minimum absolute atomic E-state index is 0. The van der Waals surface area contributed by atoms with Crippen LogP contribution in [0.5, 0.6) is 0 Å². The molecule has 540 valence electrons. The monoisotopic (exact) mass is 1720 g/mol. The molecule has 0 amide bonds. The third-order valence-corrected chi connectivity index (χ3v) is 17.3. The van der Waals surface area contributed by atoms with Crippen LogP contribution >= 0.6 is 11.3 Å². The van der Waals surface area contributed by atoms with Crippen LogP contribution in [0.25, 0.3) is 34.9 Å². The summed E-state index contributed by atoms with van der Waals surface area (Å²) in [5, 5.41) is 11.7. The Hall–Kier alpha value is -7.25. The number of thiophene rings is 1. The van der Waals surface area contributed by atoms with Crippen LogP contribution in [0.15, 0.2) is 178 Å². The first-order valence-electron chi connectivity index (χ1n) is 33.1. The zero-order valence-electron chi connectivity index (χ0n) is 58.7. The normalized spacial score (nSPS) is 11.5. The Morgan fingerprint density at radius 3 is 1.46 bits per heavy atom. The maximum Gasteiger partial charge on any atom is 1.00 e. The minimum atomic E-state index is -1.10. The Bertz CT molecular complexity index is 3700. The zero-order valence-corrected chi connectivity index (χ0v) is 66.2. The zero-order chi connectivity index (χ0) is 68.2. The summed E-state index contributed by atoms with van der Waals surface area (Å²) in [6.45, 7) is 13.8. The van der Waals surface area contributed by atoms with Gasteiger partial charge < -0.3 is 87.3 Å². The van der Waals surface area contributed by atoms with Gasteiger partial charge in [-0.2, -0.15) is 0 Å². The van der Waals surface area contributed by atoms with Crippen molar-refractivity contribution in [2.24, 2.45) is 46.7 Å². The van der Waals surface area contributed by atoms with E-state index in [9.17, 15) is 9.90 Å². The van der Waals surface area contributed by atoms with E-state index in [0.717, 1.165) is 93.4 Å². The van der Waals surface area contributed by atoms with Crippen LogP contribution in [0.4, 0.5) is 0 Å². The number of carboxylic acid groups (broad SMARTS) is 1. The molecule has 0 bridgehead atoms. The van der Waals surface area contributed by atoms with Gasteiger partial charge in [0.2, 0.25) is 6.33 Å². The molecule has 0 aliphatic carbocycles. The van der Waals surface area contributed by atoms with Crippen LogP contribution in [0, 0.1) is 12.3 Å². The van der Waals surface area contributed by atoms with Gasteiger partial charge in [-0.25, -0.2) is 48.6 Å². The van der Waals surface area contributed by atoms with Gasteiger partial charge in [-0.05, 0) is 118 Å². The quantitative estimate of drug-likeness (QED) is 0.0293. The molecule has 4 atom stereocenters. The third-order valence-electron chi connectivity index (χ3n) is 16.4. The van der Waals surface area contributed by atoms with Crippen LogP contribution in [-0.2, 0) is 91.7 Å². The number of carbonyl (C=O) groups excluding carboxylic acids is 1. The standard InChI is InChI=1S/C22H34N3.C18H32N5.C11H12N4.2C8H10N4.C5H4O2S.2BrH.Cu.Os/c1-3-20(22-8-13-24-14-9-22)18-19(2)21-10-16-25(17-11-21)15-7-5-4-6-12-23;1-3-18(22-11-9-20-15-22)14-17(2)23-13-12-21(16-23)10-7-5-4-6-8-19;1-3-4-7-15-9-6-13-11(15)10-12-5-8-14(10)2;2*1-11-5-3-9-7(11)8-10-4-6-12(8)2;6-5(7)4-2-1-3-8-4;;;;/h8-11,13-14,16-17,19-20H,3-7,12,15,18,23H2,1-2H3;9,11-13,15-18H,3-8,10,14,19H2,1-2H3;1,5-6,8-9H,4,7H2,2H3;2*3-6H,1-2H3;1-3H,(H,6,7);2*1H;;/q2*+1;;;;;;;+1;/p-3. The summed E-state index contributed by atoms with van der Waals surface area (Å²) in [7, 11) is 9.77. The van der Waals surface area contributed by atoms with Gasteiger partial charge in [0.05, 0.1) is 24.9 Å². The SMILES string of the molecule is C#CCCn1ccnc1-c1nccn1C.CCC(CC(C)c1cc[n+](CCCCCCN)cc1)c1ccncc1.CCC(CC(C)n1cc[n+](CCCCCCN)c1)n1ccnc1.Cn1ccnc1-c1nccn1C.Cn1ccnc1-c1nccn1C.O=C([O-])c1cccs1.[Br-].[Br-].[Cu+].[Os]. The second-order valence-electron chi connectivity index (χ2n) is 23.5. The second-order valence-corrected chi connectivity index (χ2v) is 24.5. The molecule has 11 heterocycles. The molecule has 0 aromatic carbocycles. The summed E-state index contributed by atoms with van der Waals surface area (Å²) in [5.41, 5.74) is 13.9. The van der Waals surface area contributed by atoms with Gasteiger partial charge in [0.1, 0.15) is 18.9 Å². The number of carbonyl (C=O) groups is 1. The predicted octanol–water partition coefficient (Wildman–Crippen LogP) is 4.73. The molecule has 4 N–H and O–H groups in total.